The van der Waals surface area contributed by atoms with Gasteiger partial charge in [-0.2, -0.15) is 0 Å². The maximum absolute atomic E-state index is 12.0. The molecule has 0 saturated heterocycles. The van der Waals surface area contributed by atoms with Crippen LogP contribution in [0.4, 0.5) is 0 Å². The van der Waals surface area contributed by atoms with E-state index in [0.717, 1.165) is 12.8 Å². The second-order valence-electron chi connectivity index (χ2n) is 9.70. The van der Waals surface area contributed by atoms with E-state index >= 15 is 0 Å². The van der Waals surface area contributed by atoms with E-state index in [1.165, 1.54) is 109 Å². The highest BCUT2D eigenvalue weighted by atomic mass is 35.5. The molecule has 0 bridgehead atoms. The Morgan fingerprint density at radius 2 is 1.00 bits per heavy atom. The molecule has 0 saturated carbocycles. The SMILES string of the molecule is CCCCCCCCCCCCCCCCCCCCCC(=O)OCC(=O)c1ccc(Cl)cc1. The summed E-state index contributed by atoms with van der Waals surface area (Å²) in [6.45, 7) is 2.09. The molecule has 0 N–H and O–H groups in total. The van der Waals surface area contributed by atoms with Crippen molar-refractivity contribution in [2.45, 2.75) is 135 Å². The minimum atomic E-state index is -0.283. The molecule has 0 atom stereocenters. The Labute approximate surface area is 214 Å². The molecule has 1 rings (SSSR count). The molecule has 1 aromatic carbocycles. The molecular formula is C30H49ClO3. The second kappa shape index (κ2) is 22.1. The number of benzene rings is 1. The fraction of sp³-hybridized carbons (Fsp3) is 0.733. The number of ketones is 1. The third kappa shape index (κ3) is 18.0. The average molecular weight is 493 g/mol. The number of Topliss-reactive ketones (excluding diaryl/α,β-unsaturated/α-hetero) is 1. The van der Waals surface area contributed by atoms with Crippen molar-refractivity contribution in [1.82, 2.24) is 0 Å². The van der Waals surface area contributed by atoms with Crippen molar-refractivity contribution >= 4 is 23.4 Å². The number of unbranched alkanes of at least 4 members (excludes halogenated alkanes) is 18. The zero-order valence-electron chi connectivity index (χ0n) is 21.8. The molecule has 0 unspecified atom stereocenters. The first-order valence-electron chi connectivity index (χ1n) is 14.1. The second-order valence-corrected chi connectivity index (χ2v) is 10.1. The van der Waals surface area contributed by atoms with Crippen molar-refractivity contribution in [1.29, 1.82) is 0 Å². The van der Waals surface area contributed by atoms with Gasteiger partial charge in [-0.15, -0.1) is 0 Å². The lowest BCUT2D eigenvalue weighted by Crippen LogP contribution is -2.13. The zero-order chi connectivity index (χ0) is 24.7. The molecule has 0 aliphatic heterocycles. The van der Waals surface area contributed by atoms with E-state index in [2.05, 4.69) is 6.92 Å². The molecule has 4 heteroatoms. The van der Waals surface area contributed by atoms with Crippen molar-refractivity contribution in [3.63, 3.8) is 0 Å². The number of carbonyl (C=O) groups is 2. The van der Waals surface area contributed by atoms with Crippen molar-refractivity contribution in [3.8, 4) is 0 Å². The molecular weight excluding hydrogens is 444 g/mol. The van der Waals surface area contributed by atoms with Crippen LogP contribution < -0.4 is 0 Å². The largest absolute Gasteiger partial charge is 0.457 e. The number of carbonyl (C=O) groups excluding carboxylic acids is 2. The van der Waals surface area contributed by atoms with Gasteiger partial charge in [-0.1, -0.05) is 134 Å². The van der Waals surface area contributed by atoms with Gasteiger partial charge in [0.05, 0.1) is 0 Å². The van der Waals surface area contributed by atoms with Gasteiger partial charge in [-0.25, -0.2) is 0 Å². The van der Waals surface area contributed by atoms with Gasteiger partial charge in [0.2, 0.25) is 0 Å². The van der Waals surface area contributed by atoms with Gasteiger partial charge in [0.1, 0.15) is 0 Å². The predicted molar refractivity (Wildman–Crippen MR) is 145 cm³/mol. The summed E-state index contributed by atoms with van der Waals surface area (Å²) >= 11 is 5.81. The van der Waals surface area contributed by atoms with Crippen LogP contribution in [-0.2, 0) is 9.53 Å². The van der Waals surface area contributed by atoms with Crippen LogP contribution in [0.15, 0.2) is 24.3 Å². The van der Waals surface area contributed by atoms with Crippen LogP contribution in [0, 0.1) is 0 Å². The normalized spacial score (nSPS) is 11.0. The van der Waals surface area contributed by atoms with E-state index in [1.54, 1.807) is 24.3 Å². The molecule has 3 nitrogen and oxygen atoms in total. The van der Waals surface area contributed by atoms with E-state index in [9.17, 15) is 9.59 Å². The molecule has 0 aromatic heterocycles. The Hall–Kier alpha value is -1.35. The van der Waals surface area contributed by atoms with Crippen LogP contribution >= 0.6 is 11.6 Å². The molecule has 1 aromatic rings. The Morgan fingerprint density at radius 3 is 1.41 bits per heavy atom. The summed E-state index contributed by atoms with van der Waals surface area (Å²) in [6.07, 6.45) is 25.7. The van der Waals surface area contributed by atoms with E-state index in [0.29, 0.717) is 17.0 Å². The number of esters is 1. The molecule has 34 heavy (non-hydrogen) atoms. The zero-order valence-corrected chi connectivity index (χ0v) is 22.5. The molecule has 194 valence electrons. The fourth-order valence-corrected chi connectivity index (χ4v) is 4.41. The van der Waals surface area contributed by atoms with Gasteiger partial charge in [0.15, 0.2) is 12.4 Å². The summed E-state index contributed by atoms with van der Waals surface area (Å²) in [7, 11) is 0. The Bertz CT molecular complexity index is 626. The molecule has 0 spiro atoms. The number of hydrogen-bond acceptors (Lipinski definition) is 3. The molecule has 0 heterocycles. The number of ether oxygens (including phenoxy) is 1. The van der Waals surface area contributed by atoms with Gasteiger partial charge in [-0.05, 0) is 30.7 Å². The average Bonchev–Trinajstić information content (AvgIpc) is 2.84. The monoisotopic (exact) mass is 492 g/mol. The van der Waals surface area contributed by atoms with Gasteiger partial charge in [0.25, 0.3) is 0 Å². The summed E-state index contributed by atoms with van der Waals surface area (Å²) in [5.74, 6) is -0.479. The van der Waals surface area contributed by atoms with E-state index in [-0.39, 0.29) is 18.4 Å². The van der Waals surface area contributed by atoms with Crippen LogP contribution in [-0.4, -0.2) is 18.4 Å². The Kier molecular flexibility index (Phi) is 20.0. The molecule has 0 radical (unpaired) electrons. The lowest BCUT2D eigenvalue weighted by atomic mass is 10.0. The molecule has 0 aliphatic rings. The fourth-order valence-electron chi connectivity index (χ4n) is 4.29. The standard InChI is InChI=1S/C30H49ClO3/c1-2-3-4-5-6-7-8-9-10-11-12-13-14-15-16-17-18-19-20-21-30(33)34-26-29(32)27-22-24-28(31)25-23-27/h22-25H,2-21,26H2,1H3. The van der Waals surface area contributed by atoms with Crippen LogP contribution in [0.1, 0.15) is 146 Å². The smallest absolute Gasteiger partial charge is 0.306 e. The first-order valence-corrected chi connectivity index (χ1v) is 14.5. The van der Waals surface area contributed by atoms with Crippen LogP contribution in [0.3, 0.4) is 0 Å². The van der Waals surface area contributed by atoms with Gasteiger partial charge < -0.3 is 4.74 Å². The van der Waals surface area contributed by atoms with Crippen LogP contribution in [0.2, 0.25) is 5.02 Å². The van der Waals surface area contributed by atoms with Crippen molar-refractivity contribution in [2.75, 3.05) is 6.61 Å². The number of rotatable bonds is 23. The molecule has 0 aliphatic carbocycles. The topological polar surface area (TPSA) is 43.4 Å². The first kappa shape index (κ1) is 30.7. The van der Waals surface area contributed by atoms with Gasteiger partial charge in [0, 0.05) is 17.0 Å². The van der Waals surface area contributed by atoms with E-state index in [4.69, 9.17) is 16.3 Å². The van der Waals surface area contributed by atoms with E-state index < -0.39 is 0 Å². The molecule has 0 amide bonds. The lowest BCUT2D eigenvalue weighted by Gasteiger charge is -2.05. The number of hydrogen-bond donors (Lipinski definition) is 0. The predicted octanol–water partition coefficient (Wildman–Crippen LogP) is 9.89. The summed E-state index contributed by atoms with van der Waals surface area (Å²) in [5.41, 5.74) is 0.515. The summed E-state index contributed by atoms with van der Waals surface area (Å²) in [5, 5.41) is 0.581. The van der Waals surface area contributed by atoms with Gasteiger partial charge in [-0.3, -0.25) is 9.59 Å². The van der Waals surface area contributed by atoms with Crippen LogP contribution in [0.5, 0.6) is 0 Å². The minimum absolute atomic E-state index is 0.195. The minimum Gasteiger partial charge on any atom is -0.457 e. The summed E-state index contributed by atoms with van der Waals surface area (Å²) in [6, 6.07) is 6.62. The van der Waals surface area contributed by atoms with E-state index in [1.807, 2.05) is 0 Å². The summed E-state index contributed by atoms with van der Waals surface area (Å²) in [4.78, 5) is 23.8. The Balaban J connectivity index is 1.79. The lowest BCUT2D eigenvalue weighted by molar-refractivity contribution is -0.142. The van der Waals surface area contributed by atoms with Crippen molar-refractivity contribution in [3.05, 3.63) is 34.9 Å². The third-order valence-corrected chi connectivity index (χ3v) is 6.77. The van der Waals surface area contributed by atoms with Crippen LogP contribution in [0.25, 0.3) is 0 Å². The summed E-state index contributed by atoms with van der Waals surface area (Å²) < 4.78 is 5.10. The highest BCUT2D eigenvalue weighted by Crippen LogP contribution is 2.15. The highest BCUT2D eigenvalue weighted by Gasteiger charge is 2.09. The van der Waals surface area contributed by atoms with Crippen molar-refractivity contribution < 1.29 is 14.3 Å². The molecule has 0 fully saturated rings. The first-order chi connectivity index (χ1) is 16.6. The Morgan fingerprint density at radius 1 is 0.618 bits per heavy atom. The van der Waals surface area contributed by atoms with Crippen molar-refractivity contribution in [2.24, 2.45) is 0 Å². The highest BCUT2D eigenvalue weighted by molar-refractivity contribution is 6.30. The maximum Gasteiger partial charge on any atom is 0.306 e. The maximum atomic E-state index is 12.0. The quantitative estimate of drug-likeness (QED) is 0.0866. The van der Waals surface area contributed by atoms with Gasteiger partial charge >= 0.3 is 5.97 Å². The third-order valence-electron chi connectivity index (χ3n) is 6.51. The number of halogens is 1.